The Morgan fingerprint density at radius 2 is 2.05 bits per heavy atom. The lowest BCUT2D eigenvalue weighted by Gasteiger charge is -2.20. The van der Waals surface area contributed by atoms with Gasteiger partial charge in [0.15, 0.2) is 6.04 Å². The van der Waals surface area contributed by atoms with Crippen LogP contribution in [0.1, 0.15) is 30.9 Å². The molecule has 3 N–H and O–H groups in total. The Balaban J connectivity index is 3.05. The molecule has 19 heavy (non-hydrogen) atoms. The number of carbonyl (C=O) groups is 1. The first-order chi connectivity index (χ1) is 8.86. The second kappa shape index (κ2) is 6.64. The summed E-state index contributed by atoms with van der Waals surface area (Å²) in [4.78, 5) is 10.8. The molecule has 0 aliphatic heterocycles. The Morgan fingerprint density at radius 1 is 1.42 bits per heavy atom. The average Bonchev–Trinajstić information content (AvgIpc) is 2.34. The molecule has 0 aliphatic carbocycles. The van der Waals surface area contributed by atoms with Crippen molar-refractivity contribution >= 4 is 14.4 Å². The quantitative estimate of drug-likeness (QED) is 0.783. The van der Waals surface area contributed by atoms with Gasteiger partial charge in [-0.1, -0.05) is 26.0 Å². The maximum atomic E-state index is 11.1. The van der Waals surface area contributed by atoms with Gasteiger partial charge in [0.05, 0.1) is 0 Å². The monoisotopic (exact) mass is 283 g/mol. The lowest BCUT2D eigenvalue weighted by molar-refractivity contribution is -0.139. The standard InChI is InChI=1S/C13H18NO4P/c1-7(2)9-5-4-8(3)6-10(9)18-13(19-17)11(14)12(15)16/h4-7,11,13H,14H2,1-3H3,(H,15,16)/t11-,13?/m1/s1. The maximum absolute atomic E-state index is 11.1. The average molecular weight is 283 g/mol. The van der Waals surface area contributed by atoms with Gasteiger partial charge in [0, 0.05) is 0 Å². The Morgan fingerprint density at radius 3 is 2.53 bits per heavy atom. The Kier molecular flexibility index (Phi) is 5.45. The minimum atomic E-state index is -1.33. The fraction of sp³-hybridized carbons (Fsp3) is 0.462. The summed E-state index contributed by atoms with van der Waals surface area (Å²) in [5, 5.41) is 8.85. The molecule has 0 aromatic heterocycles. The zero-order valence-corrected chi connectivity index (χ0v) is 12.1. The molecule has 0 aliphatic rings. The molecule has 0 spiro atoms. The molecule has 1 unspecified atom stereocenters. The van der Waals surface area contributed by atoms with E-state index < -0.39 is 26.3 Å². The fourth-order valence-electron chi connectivity index (χ4n) is 1.63. The second-order valence-electron chi connectivity index (χ2n) is 4.67. The third kappa shape index (κ3) is 4.01. The number of benzene rings is 1. The van der Waals surface area contributed by atoms with E-state index in [9.17, 15) is 9.36 Å². The highest BCUT2D eigenvalue weighted by atomic mass is 31.1. The van der Waals surface area contributed by atoms with Crippen LogP contribution in [0.3, 0.4) is 0 Å². The molecular formula is C13H18NO4P. The molecule has 0 bridgehead atoms. The first-order valence-corrected chi connectivity index (χ1v) is 6.83. The van der Waals surface area contributed by atoms with Crippen molar-refractivity contribution in [1.29, 1.82) is 0 Å². The molecule has 0 saturated carbocycles. The predicted octanol–water partition coefficient (Wildman–Crippen LogP) is 2.53. The smallest absolute Gasteiger partial charge is 0.325 e. The van der Waals surface area contributed by atoms with E-state index >= 15 is 0 Å². The fourth-order valence-corrected chi connectivity index (χ4v) is 2.05. The molecular weight excluding hydrogens is 265 g/mol. The highest BCUT2D eigenvalue weighted by Crippen LogP contribution is 2.30. The van der Waals surface area contributed by atoms with Crippen molar-refractivity contribution in [3.05, 3.63) is 29.3 Å². The Hall–Kier alpha value is -1.45. The van der Waals surface area contributed by atoms with Crippen LogP contribution in [0.15, 0.2) is 18.2 Å². The topological polar surface area (TPSA) is 89.6 Å². The second-order valence-corrected chi connectivity index (χ2v) is 5.39. The van der Waals surface area contributed by atoms with E-state index in [0.29, 0.717) is 5.75 Å². The number of aliphatic carboxylic acids is 1. The molecule has 104 valence electrons. The highest BCUT2D eigenvalue weighted by molar-refractivity contribution is 7.24. The van der Waals surface area contributed by atoms with Gasteiger partial charge in [0.25, 0.3) is 0 Å². The summed E-state index contributed by atoms with van der Waals surface area (Å²) >= 11 is 0. The van der Waals surface area contributed by atoms with Crippen molar-refractivity contribution in [3.63, 3.8) is 0 Å². The molecule has 1 aromatic rings. The predicted molar refractivity (Wildman–Crippen MR) is 72.9 cm³/mol. The normalized spacial score (nSPS) is 14.4. The lowest BCUT2D eigenvalue weighted by Crippen LogP contribution is -2.42. The Bertz CT molecular complexity index is 476. The van der Waals surface area contributed by atoms with Crippen LogP contribution in [-0.2, 0) is 9.36 Å². The van der Waals surface area contributed by atoms with E-state index in [1.165, 1.54) is 0 Å². The van der Waals surface area contributed by atoms with E-state index in [4.69, 9.17) is 15.6 Å². The maximum Gasteiger partial charge on any atom is 0.325 e. The summed E-state index contributed by atoms with van der Waals surface area (Å²) in [5.74, 6) is -1.61. The molecule has 0 heterocycles. The van der Waals surface area contributed by atoms with Crippen molar-refractivity contribution in [2.75, 3.05) is 0 Å². The van der Waals surface area contributed by atoms with Gasteiger partial charge >= 0.3 is 5.97 Å². The SMILES string of the molecule is Cc1ccc(C(C)C)c(OC(P=O)[C@H](N)C(=O)O)c1. The first kappa shape index (κ1) is 15.6. The van der Waals surface area contributed by atoms with Crippen LogP contribution in [0.2, 0.25) is 0 Å². The van der Waals surface area contributed by atoms with Gasteiger partial charge in [-0.2, -0.15) is 0 Å². The summed E-state index contributed by atoms with van der Waals surface area (Å²) < 4.78 is 16.6. The van der Waals surface area contributed by atoms with Crippen LogP contribution in [0, 0.1) is 6.92 Å². The number of rotatable bonds is 6. The van der Waals surface area contributed by atoms with Crippen molar-refractivity contribution in [2.24, 2.45) is 5.73 Å². The number of hydrogen-bond donors (Lipinski definition) is 2. The molecule has 1 rings (SSSR count). The summed E-state index contributed by atoms with van der Waals surface area (Å²) in [6.07, 6.45) is 0. The van der Waals surface area contributed by atoms with Gasteiger partial charge in [-0.3, -0.25) is 9.36 Å². The van der Waals surface area contributed by atoms with Crippen molar-refractivity contribution in [1.82, 2.24) is 0 Å². The van der Waals surface area contributed by atoms with Crippen LogP contribution in [0.5, 0.6) is 5.75 Å². The minimum absolute atomic E-state index is 0.209. The number of carboxylic acids is 1. The van der Waals surface area contributed by atoms with E-state index in [1.807, 2.05) is 32.9 Å². The van der Waals surface area contributed by atoms with Crippen LogP contribution in [-0.4, -0.2) is 23.0 Å². The molecule has 2 atom stereocenters. The molecule has 1 aromatic carbocycles. The third-order valence-electron chi connectivity index (χ3n) is 2.74. The number of ether oxygens (including phenoxy) is 1. The zero-order chi connectivity index (χ0) is 14.6. The summed E-state index contributed by atoms with van der Waals surface area (Å²) in [6, 6.07) is 4.32. The molecule has 0 amide bonds. The zero-order valence-electron chi connectivity index (χ0n) is 11.2. The van der Waals surface area contributed by atoms with Gasteiger partial charge in [0.2, 0.25) is 14.3 Å². The van der Waals surface area contributed by atoms with Gasteiger partial charge in [0.1, 0.15) is 5.75 Å². The van der Waals surface area contributed by atoms with E-state index in [-0.39, 0.29) is 5.92 Å². The van der Waals surface area contributed by atoms with Crippen LogP contribution in [0.25, 0.3) is 0 Å². The van der Waals surface area contributed by atoms with E-state index in [2.05, 4.69) is 0 Å². The molecule has 5 nitrogen and oxygen atoms in total. The van der Waals surface area contributed by atoms with Gasteiger partial charge in [-0.15, -0.1) is 0 Å². The lowest BCUT2D eigenvalue weighted by atomic mass is 10.0. The molecule has 0 saturated heterocycles. The van der Waals surface area contributed by atoms with Gasteiger partial charge in [-0.05, 0) is 30.0 Å². The number of hydrogen-bond acceptors (Lipinski definition) is 4. The van der Waals surface area contributed by atoms with Gasteiger partial charge in [-0.25, -0.2) is 0 Å². The summed E-state index contributed by atoms with van der Waals surface area (Å²) in [6.45, 7) is 5.90. The van der Waals surface area contributed by atoms with Crippen molar-refractivity contribution < 1.29 is 19.2 Å². The van der Waals surface area contributed by atoms with Crippen molar-refractivity contribution in [2.45, 2.75) is 38.6 Å². The van der Waals surface area contributed by atoms with Crippen LogP contribution < -0.4 is 10.5 Å². The summed E-state index contributed by atoms with van der Waals surface area (Å²) in [7, 11) is -0.447. The molecule has 0 radical (unpaired) electrons. The molecule has 0 fully saturated rings. The highest BCUT2D eigenvalue weighted by Gasteiger charge is 2.27. The third-order valence-corrected chi connectivity index (χ3v) is 3.37. The minimum Gasteiger partial charge on any atom is -0.480 e. The van der Waals surface area contributed by atoms with Crippen LogP contribution >= 0.6 is 8.46 Å². The number of carboxylic acid groups (broad SMARTS) is 1. The Labute approximate surface area is 114 Å². The van der Waals surface area contributed by atoms with Gasteiger partial charge < -0.3 is 15.6 Å². The largest absolute Gasteiger partial charge is 0.480 e. The summed E-state index contributed by atoms with van der Waals surface area (Å²) in [5.41, 5.74) is 7.36. The van der Waals surface area contributed by atoms with Crippen molar-refractivity contribution in [3.8, 4) is 5.75 Å². The van der Waals surface area contributed by atoms with Crippen LogP contribution in [0.4, 0.5) is 0 Å². The first-order valence-electron chi connectivity index (χ1n) is 5.95. The van der Waals surface area contributed by atoms with E-state index in [0.717, 1.165) is 11.1 Å². The number of nitrogens with two attached hydrogens (primary N) is 1. The molecule has 6 heteroatoms. The number of aryl methyl sites for hydroxylation is 1. The van der Waals surface area contributed by atoms with E-state index in [1.54, 1.807) is 6.07 Å².